The van der Waals surface area contributed by atoms with E-state index in [0.29, 0.717) is 12.7 Å². The molecule has 0 bridgehead atoms. The fourth-order valence-electron chi connectivity index (χ4n) is 3.72. The van der Waals surface area contributed by atoms with Crippen LogP contribution in [0.2, 0.25) is 0 Å². The van der Waals surface area contributed by atoms with Crippen LogP contribution in [-0.4, -0.2) is 19.3 Å². The molecule has 0 aromatic heterocycles. The second kappa shape index (κ2) is 16.5. The van der Waals surface area contributed by atoms with Crippen LogP contribution >= 0.6 is 0 Å². The number of rotatable bonds is 19. The molecule has 164 valence electrons. The second-order valence-electron chi connectivity index (χ2n) is 8.60. The molecule has 1 saturated heterocycles. The summed E-state index contributed by atoms with van der Waals surface area (Å²) in [5, 5.41) is 0. The number of unbranched alkanes of at least 4 members (excludes halogenated alkanes) is 12. The maximum absolute atomic E-state index is 5.77. The minimum atomic E-state index is 0.328. The van der Waals surface area contributed by atoms with Crippen LogP contribution in [0.4, 0.5) is 0 Å². The van der Waals surface area contributed by atoms with Gasteiger partial charge in [0.25, 0.3) is 0 Å². The summed E-state index contributed by atoms with van der Waals surface area (Å²) in [4.78, 5) is 0. The molecule has 2 heteroatoms. The minimum absolute atomic E-state index is 0.328. The molecule has 1 aromatic rings. The SMILES string of the molecule is CCCCCCCC/C=C/CCCCCCCCc1cccc(OCC2CO2)c1. The van der Waals surface area contributed by atoms with E-state index in [0.717, 1.165) is 18.8 Å². The smallest absolute Gasteiger partial charge is 0.119 e. The van der Waals surface area contributed by atoms with Gasteiger partial charge in [-0.05, 0) is 56.2 Å². The monoisotopic (exact) mass is 400 g/mol. The van der Waals surface area contributed by atoms with E-state index >= 15 is 0 Å². The van der Waals surface area contributed by atoms with Crippen LogP contribution in [0.25, 0.3) is 0 Å². The van der Waals surface area contributed by atoms with E-state index in [9.17, 15) is 0 Å². The van der Waals surface area contributed by atoms with Gasteiger partial charge >= 0.3 is 0 Å². The van der Waals surface area contributed by atoms with Crippen molar-refractivity contribution in [3.05, 3.63) is 42.0 Å². The first-order valence-electron chi connectivity index (χ1n) is 12.4. The lowest BCUT2D eigenvalue weighted by Crippen LogP contribution is -2.04. The number of benzene rings is 1. The molecule has 29 heavy (non-hydrogen) atoms. The van der Waals surface area contributed by atoms with E-state index < -0.39 is 0 Å². The van der Waals surface area contributed by atoms with Gasteiger partial charge in [0.2, 0.25) is 0 Å². The third-order valence-corrected chi connectivity index (χ3v) is 5.71. The Balaban J connectivity index is 1.35. The lowest BCUT2D eigenvalue weighted by atomic mass is 10.0. The van der Waals surface area contributed by atoms with E-state index in [-0.39, 0.29) is 0 Å². The zero-order valence-corrected chi connectivity index (χ0v) is 18.9. The highest BCUT2D eigenvalue weighted by atomic mass is 16.6. The Kier molecular flexibility index (Phi) is 13.7. The summed E-state index contributed by atoms with van der Waals surface area (Å²) in [6, 6.07) is 8.57. The third kappa shape index (κ3) is 13.5. The molecule has 1 aliphatic heterocycles. The number of aryl methyl sites for hydroxylation is 1. The molecule has 2 nitrogen and oxygen atoms in total. The zero-order valence-electron chi connectivity index (χ0n) is 18.9. The summed E-state index contributed by atoms with van der Waals surface area (Å²) in [6.45, 7) is 3.83. The van der Waals surface area contributed by atoms with Gasteiger partial charge in [0.15, 0.2) is 0 Å². The van der Waals surface area contributed by atoms with Gasteiger partial charge in [-0.25, -0.2) is 0 Å². The highest BCUT2D eigenvalue weighted by Crippen LogP contribution is 2.18. The Morgan fingerprint density at radius 1 is 0.862 bits per heavy atom. The van der Waals surface area contributed by atoms with Crippen molar-refractivity contribution in [3.63, 3.8) is 0 Å². The third-order valence-electron chi connectivity index (χ3n) is 5.71. The molecule has 1 atom stereocenters. The molecule has 0 amide bonds. The van der Waals surface area contributed by atoms with Gasteiger partial charge in [0.05, 0.1) is 6.61 Å². The fourth-order valence-corrected chi connectivity index (χ4v) is 3.72. The van der Waals surface area contributed by atoms with Gasteiger partial charge in [-0.2, -0.15) is 0 Å². The molecular weight excluding hydrogens is 356 g/mol. The fraction of sp³-hybridized carbons (Fsp3) is 0.704. The van der Waals surface area contributed by atoms with Crippen LogP contribution in [0.15, 0.2) is 36.4 Å². The van der Waals surface area contributed by atoms with Crippen molar-refractivity contribution in [1.29, 1.82) is 0 Å². The maximum atomic E-state index is 5.77. The van der Waals surface area contributed by atoms with E-state index in [1.165, 1.54) is 95.5 Å². The molecule has 1 unspecified atom stereocenters. The summed E-state index contributed by atoms with van der Waals surface area (Å²) < 4.78 is 11.0. The molecule has 1 heterocycles. The van der Waals surface area contributed by atoms with E-state index in [1.54, 1.807) is 0 Å². The summed E-state index contributed by atoms with van der Waals surface area (Å²) >= 11 is 0. The molecule has 0 spiro atoms. The van der Waals surface area contributed by atoms with Gasteiger partial charge in [-0.3, -0.25) is 0 Å². The van der Waals surface area contributed by atoms with Crippen molar-refractivity contribution in [2.75, 3.05) is 13.2 Å². The molecule has 2 rings (SSSR count). The van der Waals surface area contributed by atoms with E-state index in [1.807, 2.05) is 6.07 Å². The quantitative estimate of drug-likeness (QED) is 0.133. The highest BCUT2D eigenvalue weighted by molar-refractivity contribution is 5.28. The van der Waals surface area contributed by atoms with Gasteiger partial charge in [-0.15, -0.1) is 0 Å². The molecular formula is C27H44O2. The highest BCUT2D eigenvalue weighted by Gasteiger charge is 2.22. The Morgan fingerprint density at radius 3 is 2.14 bits per heavy atom. The van der Waals surface area contributed by atoms with Crippen LogP contribution in [0, 0.1) is 0 Å². The van der Waals surface area contributed by atoms with Crippen molar-refractivity contribution >= 4 is 0 Å². The minimum Gasteiger partial charge on any atom is -0.491 e. The first-order valence-corrected chi connectivity index (χ1v) is 12.4. The average Bonchev–Trinajstić information content (AvgIpc) is 3.57. The number of hydrogen-bond acceptors (Lipinski definition) is 2. The molecule has 1 fully saturated rings. The first kappa shape index (κ1) is 24.0. The van der Waals surface area contributed by atoms with Crippen molar-refractivity contribution in [1.82, 2.24) is 0 Å². The average molecular weight is 401 g/mol. The summed E-state index contributed by atoms with van der Waals surface area (Å²) in [5.74, 6) is 0.988. The lowest BCUT2D eigenvalue weighted by molar-refractivity contribution is 0.263. The van der Waals surface area contributed by atoms with Gasteiger partial charge < -0.3 is 9.47 Å². The van der Waals surface area contributed by atoms with E-state index in [4.69, 9.17) is 9.47 Å². The molecule has 0 N–H and O–H groups in total. The standard InChI is InChI=1S/C27H44O2/c1-2-3-4-5-6-7-8-9-10-11-12-13-14-15-16-17-19-25-20-18-21-26(22-25)28-23-27-24-29-27/h9-10,18,20-22,27H,2-8,11-17,19,23-24H2,1H3/b10-9+. The predicted molar refractivity (Wildman–Crippen MR) is 125 cm³/mol. The molecule has 1 aliphatic rings. The second-order valence-corrected chi connectivity index (χ2v) is 8.60. The van der Waals surface area contributed by atoms with Crippen molar-refractivity contribution < 1.29 is 9.47 Å². The Morgan fingerprint density at radius 2 is 1.48 bits per heavy atom. The van der Waals surface area contributed by atoms with Crippen LogP contribution < -0.4 is 4.74 Å². The summed E-state index contributed by atoms with van der Waals surface area (Å²) in [5.41, 5.74) is 1.40. The maximum Gasteiger partial charge on any atom is 0.119 e. The van der Waals surface area contributed by atoms with E-state index in [2.05, 4.69) is 37.3 Å². The van der Waals surface area contributed by atoms with Crippen molar-refractivity contribution in [2.45, 2.75) is 109 Å². The Hall–Kier alpha value is -1.28. The molecule has 0 radical (unpaired) electrons. The summed E-state index contributed by atoms with van der Waals surface area (Å²) in [7, 11) is 0. The first-order chi connectivity index (χ1) is 14.4. The number of hydrogen-bond donors (Lipinski definition) is 0. The summed E-state index contributed by atoms with van der Waals surface area (Å²) in [6.07, 6.45) is 25.4. The van der Waals surface area contributed by atoms with Gasteiger partial charge in [0.1, 0.15) is 18.5 Å². The molecule has 0 aliphatic carbocycles. The largest absolute Gasteiger partial charge is 0.491 e. The molecule has 0 saturated carbocycles. The Labute approximate surface area is 180 Å². The predicted octanol–water partition coefficient (Wildman–Crippen LogP) is 8.04. The van der Waals surface area contributed by atoms with Gasteiger partial charge in [-0.1, -0.05) is 89.0 Å². The number of allylic oxidation sites excluding steroid dienone is 2. The number of epoxide rings is 1. The van der Waals surface area contributed by atoms with Crippen molar-refractivity contribution in [3.8, 4) is 5.75 Å². The topological polar surface area (TPSA) is 21.8 Å². The van der Waals surface area contributed by atoms with Crippen LogP contribution in [0.1, 0.15) is 102 Å². The molecule has 1 aromatic carbocycles. The van der Waals surface area contributed by atoms with Crippen LogP contribution in [0.5, 0.6) is 5.75 Å². The lowest BCUT2D eigenvalue weighted by Gasteiger charge is -2.07. The van der Waals surface area contributed by atoms with Crippen molar-refractivity contribution in [2.24, 2.45) is 0 Å². The Bertz CT molecular complexity index is 533. The van der Waals surface area contributed by atoms with Crippen LogP contribution in [0.3, 0.4) is 0 Å². The zero-order chi connectivity index (χ0) is 20.4. The van der Waals surface area contributed by atoms with Crippen LogP contribution in [-0.2, 0) is 11.2 Å². The number of ether oxygens (including phenoxy) is 2. The van der Waals surface area contributed by atoms with Gasteiger partial charge in [0, 0.05) is 0 Å². The normalized spacial score (nSPS) is 15.8.